The summed E-state index contributed by atoms with van der Waals surface area (Å²) in [6, 6.07) is 0. The zero-order valence-corrected chi connectivity index (χ0v) is 11.9. The second-order valence-electron chi connectivity index (χ2n) is 5.65. The van der Waals surface area contributed by atoms with Gasteiger partial charge in [0.1, 0.15) is 0 Å². The summed E-state index contributed by atoms with van der Waals surface area (Å²) in [5.74, 6) is 0.778. The van der Waals surface area contributed by atoms with Gasteiger partial charge in [0.05, 0.1) is 24.9 Å². The smallest absolute Gasteiger partial charge is 0.0625 e. The highest BCUT2D eigenvalue weighted by atomic mass is 16.5. The Labute approximate surface area is 106 Å². The summed E-state index contributed by atoms with van der Waals surface area (Å²) in [5.41, 5.74) is 0. The Kier molecular flexibility index (Phi) is 7.09. The third kappa shape index (κ3) is 7.02. The van der Waals surface area contributed by atoms with Crippen LogP contribution in [0.1, 0.15) is 47.0 Å². The van der Waals surface area contributed by atoms with E-state index in [1.165, 1.54) is 6.42 Å². The van der Waals surface area contributed by atoms with Gasteiger partial charge < -0.3 is 14.8 Å². The lowest BCUT2D eigenvalue weighted by molar-refractivity contribution is -0.101. The first-order valence-electron chi connectivity index (χ1n) is 7.05. The second kappa shape index (κ2) is 8.06. The summed E-state index contributed by atoms with van der Waals surface area (Å²) in [7, 11) is 0. The van der Waals surface area contributed by atoms with Crippen LogP contribution in [-0.4, -0.2) is 38.0 Å². The molecule has 2 unspecified atom stereocenters. The number of hydrogen-bond acceptors (Lipinski definition) is 3. The molecule has 0 aromatic heterocycles. The number of hydrogen-bond donors (Lipinski definition) is 1. The van der Waals surface area contributed by atoms with E-state index in [-0.39, 0.29) is 0 Å². The molecule has 1 aliphatic rings. The molecule has 3 heteroatoms. The summed E-state index contributed by atoms with van der Waals surface area (Å²) in [5, 5.41) is 3.42. The van der Waals surface area contributed by atoms with Crippen molar-refractivity contribution >= 4 is 0 Å². The molecule has 17 heavy (non-hydrogen) atoms. The van der Waals surface area contributed by atoms with Gasteiger partial charge in [0, 0.05) is 6.54 Å². The molecule has 3 nitrogen and oxygen atoms in total. The first-order chi connectivity index (χ1) is 8.08. The van der Waals surface area contributed by atoms with Gasteiger partial charge in [-0.05, 0) is 45.6 Å². The maximum absolute atomic E-state index is 5.89. The standard InChI is InChI=1S/C14H29NO2/c1-11(2)5-6-15-7-8-16-14-9-12(3)17-13(4)10-14/h11-15H,5-10H2,1-4H3. The zero-order valence-electron chi connectivity index (χ0n) is 11.9. The van der Waals surface area contributed by atoms with E-state index in [4.69, 9.17) is 9.47 Å². The van der Waals surface area contributed by atoms with Crippen molar-refractivity contribution in [3.05, 3.63) is 0 Å². The van der Waals surface area contributed by atoms with Crippen LogP contribution in [0.4, 0.5) is 0 Å². The molecule has 1 N–H and O–H groups in total. The fraction of sp³-hybridized carbons (Fsp3) is 1.00. The van der Waals surface area contributed by atoms with Crippen LogP contribution in [-0.2, 0) is 9.47 Å². The molecular formula is C14H29NO2. The molecule has 0 aliphatic carbocycles. The highest BCUT2D eigenvalue weighted by Gasteiger charge is 2.24. The summed E-state index contributed by atoms with van der Waals surface area (Å²) >= 11 is 0. The molecule has 1 aliphatic heterocycles. The first-order valence-corrected chi connectivity index (χ1v) is 7.05. The van der Waals surface area contributed by atoms with Gasteiger partial charge in [0.2, 0.25) is 0 Å². The second-order valence-corrected chi connectivity index (χ2v) is 5.65. The van der Waals surface area contributed by atoms with Gasteiger partial charge in [0.15, 0.2) is 0 Å². The van der Waals surface area contributed by atoms with Crippen LogP contribution in [0, 0.1) is 5.92 Å². The molecule has 1 saturated heterocycles. The van der Waals surface area contributed by atoms with E-state index in [0.717, 1.165) is 38.5 Å². The van der Waals surface area contributed by atoms with Gasteiger partial charge in [-0.1, -0.05) is 13.8 Å². The maximum Gasteiger partial charge on any atom is 0.0625 e. The van der Waals surface area contributed by atoms with Crippen LogP contribution in [0.3, 0.4) is 0 Å². The predicted molar refractivity (Wildman–Crippen MR) is 71.3 cm³/mol. The Morgan fingerprint density at radius 1 is 1.18 bits per heavy atom. The third-order valence-corrected chi connectivity index (χ3v) is 3.19. The van der Waals surface area contributed by atoms with Crippen molar-refractivity contribution in [1.82, 2.24) is 5.32 Å². The normalized spacial score (nSPS) is 29.8. The molecule has 1 rings (SSSR count). The van der Waals surface area contributed by atoms with E-state index >= 15 is 0 Å². The first kappa shape index (κ1) is 14.9. The lowest BCUT2D eigenvalue weighted by Gasteiger charge is -2.32. The summed E-state index contributed by atoms with van der Waals surface area (Å²) < 4.78 is 11.6. The summed E-state index contributed by atoms with van der Waals surface area (Å²) in [4.78, 5) is 0. The average molecular weight is 243 g/mol. The van der Waals surface area contributed by atoms with Crippen LogP contribution >= 0.6 is 0 Å². The van der Waals surface area contributed by atoms with E-state index in [9.17, 15) is 0 Å². The Hall–Kier alpha value is -0.120. The largest absolute Gasteiger partial charge is 0.377 e. The molecule has 0 aromatic rings. The average Bonchev–Trinajstić information content (AvgIpc) is 2.21. The van der Waals surface area contributed by atoms with E-state index in [1.807, 2.05) is 0 Å². The molecule has 0 bridgehead atoms. The summed E-state index contributed by atoms with van der Waals surface area (Å²) in [6.45, 7) is 11.7. The Morgan fingerprint density at radius 3 is 2.41 bits per heavy atom. The van der Waals surface area contributed by atoms with Crippen LogP contribution in [0.5, 0.6) is 0 Å². The molecule has 2 atom stereocenters. The molecule has 102 valence electrons. The minimum absolute atomic E-state index is 0.345. The molecule has 0 aromatic carbocycles. The van der Waals surface area contributed by atoms with E-state index in [2.05, 4.69) is 33.0 Å². The fourth-order valence-corrected chi connectivity index (χ4v) is 2.29. The lowest BCUT2D eigenvalue weighted by atomic mass is 10.0. The van der Waals surface area contributed by atoms with Crippen molar-refractivity contribution in [3.8, 4) is 0 Å². The van der Waals surface area contributed by atoms with Crippen LogP contribution in [0.25, 0.3) is 0 Å². The topological polar surface area (TPSA) is 30.5 Å². The fourth-order valence-electron chi connectivity index (χ4n) is 2.29. The molecule has 0 saturated carbocycles. The van der Waals surface area contributed by atoms with Crippen LogP contribution in [0.15, 0.2) is 0 Å². The monoisotopic (exact) mass is 243 g/mol. The number of nitrogens with one attached hydrogen (secondary N) is 1. The molecule has 0 spiro atoms. The van der Waals surface area contributed by atoms with Crippen LogP contribution < -0.4 is 5.32 Å². The predicted octanol–water partition coefficient (Wildman–Crippen LogP) is 2.59. The van der Waals surface area contributed by atoms with E-state index in [0.29, 0.717) is 18.3 Å². The Morgan fingerprint density at radius 2 is 1.82 bits per heavy atom. The molecule has 1 heterocycles. The minimum Gasteiger partial charge on any atom is -0.377 e. The van der Waals surface area contributed by atoms with Gasteiger partial charge in [-0.3, -0.25) is 0 Å². The Bertz CT molecular complexity index is 187. The Balaban J connectivity index is 1.98. The van der Waals surface area contributed by atoms with Crippen molar-refractivity contribution in [2.75, 3.05) is 19.7 Å². The highest BCUT2D eigenvalue weighted by Crippen LogP contribution is 2.21. The quantitative estimate of drug-likeness (QED) is 0.697. The van der Waals surface area contributed by atoms with Gasteiger partial charge in [-0.25, -0.2) is 0 Å². The SMILES string of the molecule is CC(C)CCNCCOC1CC(C)OC(C)C1. The van der Waals surface area contributed by atoms with E-state index in [1.54, 1.807) is 0 Å². The van der Waals surface area contributed by atoms with Crippen molar-refractivity contribution in [2.24, 2.45) is 5.92 Å². The van der Waals surface area contributed by atoms with Crippen molar-refractivity contribution in [3.63, 3.8) is 0 Å². The summed E-state index contributed by atoms with van der Waals surface area (Å²) in [6.07, 6.45) is 4.40. The van der Waals surface area contributed by atoms with Gasteiger partial charge in [-0.15, -0.1) is 0 Å². The van der Waals surface area contributed by atoms with E-state index < -0.39 is 0 Å². The van der Waals surface area contributed by atoms with Gasteiger partial charge in [-0.2, -0.15) is 0 Å². The van der Waals surface area contributed by atoms with Crippen LogP contribution in [0.2, 0.25) is 0 Å². The minimum atomic E-state index is 0.345. The third-order valence-electron chi connectivity index (χ3n) is 3.19. The maximum atomic E-state index is 5.89. The number of ether oxygens (including phenoxy) is 2. The molecule has 1 fully saturated rings. The van der Waals surface area contributed by atoms with Gasteiger partial charge in [0.25, 0.3) is 0 Å². The number of rotatable bonds is 7. The molecular weight excluding hydrogens is 214 g/mol. The highest BCUT2D eigenvalue weighted by molar-refractivity contribution is 4.73. The van der Waals surface area contributed by atoms with Crippen molar-refractivity contribution in [2.45, 2.75) is 65.3 Å². The lowest BCUT2D eigenvalue weighted by Crippen LogP contribution is -2.35. The zero-order chi connectivity index (χ0) is 12.7. The molecule has 0 amide bonds. The molecule has 0 radical (unpaired) electrons. The van der Waals surface area contributed by atoms with Crippen molar-refractivity contribution < 1.29 is 9.47 Å². The van der Waals surface area contributed by atoms with Crippen molar-refractivity contribution in [1.29, 1.82) is 0 Å². The van der Waals surface area contributed by atoms with Gasteiger partial charge >= 0.3 is 0 Å².